The van der Waals surface area contributed by atoms with Crippen molar-refractivity contribution in [1.82, 2.24) is 10.6 Å². The zero-order valence-corrected chi connectivity index (χ0v) is 7.29. The summed E-state index contributed by atoms with van der Waals surface area (Å²) in [5.41, 5.74) is 0. The monoisotopic (exact) mass is 164 g/mol. The van der Waals surface area contributed by atoms with Crippen LogP contribution in [0.25, 0.3) is 0 Å². The Balaban J connectivity index is 1.53. The molecule has 6 unspecified atom stereocenters. The van der Waals surface area contributed by atoms with E-state index in [1.807, 2.05) is 0 Å². The number of piperidine rings is 2. The van der Waals surface area contributed by atoms with Crippen LogP contribution in [-0.2, 0) is 0 Å². The normalized spacial score (nSPS) is 66.0. The van der Waals surface area contributed by atoms with Gasteiger partial charge in [0.05, 0.1) is 0 Å². The first-order chi connectivity index (χ1) is 5.95. The lowest BCUT2D eigenvalue weighted by molar-refractivity contribution is 0.420. The molecule has 4 aliphatic rings. The van der Waals surface area contributed by atoms with E-state index in [0.29, 0.717) is 0 Å². The highest BCUT2D eigenvalue weighted by Crippen LogP contribution is 2.57. The third-order valence-corrected chi connectivity index (χ3v) is 4.56. The van der Waals surface area contributed by atoms with Gasteiger partial charge in [-0.2, -0.15) is 0 Å². The Labute approximate surface area is 73.1 Å². The van der Waals surface area contributed by atoms with Gasteiger partial charge in [-0.05, 0) is 49.6 Å². The maximum atomic E-state index is 3.71. The lowest BCUT2D eigenvalue weighted by Gasteiger charge is -2.14. The summed E-state index contributed by atoms with van der Waals surface area (Å²) in [4.78, 5) is 0. The van der Waals surface area contributed by atoms with Crippen molar-refractivity contribution in [2.75, 3.05) is 13.1 Å². The van der Waals surface area contributed by atoms with Crippen LogP contribution in [0.3, 0.4) is 0 Å². The Morgan fingerprint density at radius 1 is 1.00 bits per heavy atom. The molecule has 6 atom stereocenters. The molecule has 12 heavy (non-hydrogen) atoms. The maximum absolute atomic E-state index is 3.71. The van der Waals surface area contributed by atoms with Gasteiger partial charge in [0.15, 0.2) is 0 Å². The summed E-state index contributed by atoms with van der Waals surface area (Å²) in [5.74, 6) is 4.25. The minimum atomic E-state index is 0.915. The van der Waals surface area contributed by atoms with E-state index in [4.69, 9.17) is 0 Å². The topological polar surface area (TPSA) is 24.1 Å². The smallest absolute Gasteiger partial charge is 0.0146 e. The van der Waals surface area contributed by atoms with Gasteiger partial charge in [-0.3, -0.25) is 0 Å². The van der Waals surface area contributed by atoms with Crippen molar-refractivity contribution >= 4 is 0 Å². The summed E-state index contributed by atoms with van der Waals surface area (Å²) in [6.45, 7) is 2.61. The molecular formula is C10H16N2. The van der Waals surface area contributed by atoms with Gasteiger partial charge in [0.25, 0.3) is 0 Å². The SMILES string of the molecule is C1CC2C(N1)C2C1NCC2CC21. The number of hydrogen-bond donors (Lipinski definition) is 2. The summed E-state index contributed by atoms with van der Waals surface area (Å²) in [7, 11) is 0. The molecule has 0 radical (unpaired) electrons. The molecule has 2 heteroatoms. The fourth-order valence-electron chi connectivity index (χ4n) is 3.77. The van der Waals surface area contributed by atoms with E-state index < -0.39 is 0 Å². The molecule has 0 aromatic heterocycles. The van der Waals surface area contributed by atoms with Gasteiger partial charge >= 0.3 is 0 Å². The van der Waals surface area contributed by atoms with Gasteiger partial charge < -0.3 is 10.6 Å². The zero-order chi connectivity index (χ0) is 7.71. The van der Waals surface area contributed by atoms with E-state index in [-0.39, 0.29) is 0 Å². The molecule has 0 spiro atoms. The van der Waals surface area contributed by atoms with Crippen LogP contribution in [0.1, 0.15) is 12.8 Å². The molecule has 2 saturated heterocycles. The number of fused-ring (bicyclic) bond motifs is 2. The molecule has 0 aromatic carbocycles. The Bertz CT molecular complexity index is 218. The highest BCUT2D eigenvalue weighted by Gasteiger charge is 2.62. The van der Waals surface area contributed by atoms with E-state index >= 15 is 0 Å². The number of nitrogens with one attached hydrogen (secondary N) is 2. The average molecular weight is 164 g/mol. The van der Waals surface area contributed by atoms with Gasteiger partial charge in [-0.15, -0.1) is 0 Å². The van der Waals surface area contributed by atoms with Gasteiger partial charge in [0.2, 0.25) is 0 Å². The molecule has 4 fully saturated rings. The molecule has 0 bridgehead atoms. The second-order valence-corrected chi connectivity index (χ2v) is 5.10. The van der Waals surface area contributed by atoms with Gasteiger partial charge in [-0.1, -0.05) is 0 Å². The van der Waals surface area contributed by atoms with Crippen LogP contribution in [0.4, 0.5) is 0 Å². The van der Waals surface area contributed by atoms with Crippen LogP contribution in [-0.4, -0.2) is 25.2 Å². The summed E-state index contributed by atoms with van der Waals surface area (Å²) < 4.78 is 0. The second-order valence-electron chi connectivity index (χ2n) is 5.10. The summed E-state index contributed by atoms with van der Waals surface area (Å²) in [5, 5.41) is 7.33. The van der Waals surface area contributed by atoms with Crippen molar-refractivity contribution < 1.29 is 0 Å². The van der Waals surface area contributed by atoms with Crippen molar-refractivity contribution in [1.29, 1.82) is 0 Å². The molecule has 4 rings (SSSR count). The molecule has 2 saturated carbocycles. The second kappa shape index (κ2) is 1.88. The van der Waals surface area contributed by atoms with Crippen LogP contribution in [0.15, 0.2) is 0 Å². The molecule has 2 N–H and O–H groups in total. The lowest BCUT2D eigenvalue weighted by Crippen LogP contribution is -2.33. The Morgan fingerprint density at radius 2 is 1.92 bits per heavy atom. The minimum Gasteiger partial charge on any atom is -0.313 e. The fourth-order valence-corrected chi connectivity index (χ4v) is 3.77. The van der Waals surface area contributed by atoms with E-state index in [0.717, 1.165) is 35.8 Å². The van der Waals surface area contributed by atoms with Crippen molar-refractivity contribution in [3.05, 3.63) is 0 Å². The summed E-state index contributed by atoms with van der Waals surface area (Å²) in [6.07, 6.45) is 2.98. The van der Waals surface area contributed by atoms with Crippen molar-refractivity contribution in [2.24, 2.45) is 23.7 Å². The van der Waals surface area contributed by atoms with E-state index in [2.05, 4.69) is 10.6 Å². The first kappa shape index (κ1) is 6.39. The zero-order valence-electron chi connectivity index (χ0n) is 7.29. The Hall–Kier alpha value is -0.0800. The largest absolute Gasteiger partial charge is 0.313 e. The average Bonchev–Trinajstić information content (AvgIpc) is 2.91. The van der Waals surface area contributed by atoms with Crippen LogP contribution in [0.5, 0.6) is 0 Å². The van der Waals surface area contributed by atoms with Gasteiger partial charge in [0.1, 0.15) is 0 Å². The quantitative estimate of drug-likeness (QED) is 0.578. The molecule has 2 aliphatic carbocycles. The fraction of sp³-hybridized carbons (Fsp3) is 1.00. The molecule has 2 aliphatic heterocycles. The Kier molecular flexibility index (Phi) is 0.999. The summed E-state index contributed by atoms with van der Waals surface area (Å²) >= 11 is 0. The maximum Gasteiger partial charge on any atom is 0.0146 e. The first-order valence-corrected chi connectivity index (χ1v) is 5.42. The molecule has 0 amide bonds. The van der Waals surface area contributed by atoms with Gasteiger partial charge in [0, 0.05) is 12.1 Å². The van der Waals surface area contributed by atoms with Crippen LogP contribution in [0.2, 0.25) is 0 Å². The van der Waals surface area contributed by atoms with Crippen LogP contribution >= 0.6 is 0 Å². The third-order valence-electron chi connectivity index (χ3n) is 4.56. The van der Waals surface area contributed by atoms with E-state index in [9.17, 15) is 0 Å². The molecule has 2 nitrogen and oxygen atoms in total. The number of hydrogen-bond acceptors (Lipinski definition) is 2. The predicted molar refractivity (Wildman–Crippen MR) is 46.8 cm³/mol. The van der Waals surface area contributed by atoms with Crippen molar-refractivity contribution in [2.45, 2.75) is 24.9 Å². The number of rotatable bonds is 1. The standard InChI is InChI=1S/C10H16N2/c1-2-11-9-6(1)8(9)10-7-3-5(7)4-12-10/h5-12H,1-4H2. The molecule has 66 valence electrons. The van der Waals surface area contributed by atoms with E-state index in [1.54, 1.807) is 0 Å². The molecule has 0 aromatic rings. The molecule has 2 heterocycles. The van der Waals surface area contributed by atoms with Gasteiger partial charge in [-0.25, -0.2) is 0 Å². The first-order valence-electron chi connectivity index (χ1n) is 5.42. The Morgan fingerprint density at radius 3 is 2.50 bits per heavy atom. The third kappa shape index (κ3) is 0.647. The highest BCUT2D eigenvalue weighted by atomic mass is 15.1. The predicted octanol–water partition coefficient (Wildman–Crippen LogP) is 0.202. The minimum absolute atomic E-state index is 0.915. The van der Waals surface area contributed by atoms with Crippen LogP contribution in [0, 0.1) is 23.7 Å². The lowest BCUT2D eigenvalue weighted by atomic mass is 10.1. The van der Waals surface area contributed by atoms with Crippen molar-refractivity contribution in [3.8, 4) is 0 Å². The van der Waals surface area contributed by atoms with Crippen molar-refractivity contribution in [3.63, 3.8) is 0 Å². The molecular weight excluding hydrogens is 148 g/mol. The summed E-state index contributed by atoms with van der Waals surface area (Å²) in [6, 6.07) is 1.83. The highest BCUT2D eigenvalue weighted by molar-refractivity contribution is 5.18. The van der Waals surface area contributed by atoms with E-state index in [1.165, 1.54) is 25.9 Å². The van der Waals surface area contributed by atoms with Crippen LogP contribution < -0.4 is 10.6 Å².